The summed E-state index contributed by atoms with van der Waals surface area (Å²) in [6, 6.07) is 4.91. The van der Waals surface area contributed by atoms with Crippen LogP contribution in [0.4, 0.5) is 0 Å². The van der Waals surface area contributed by atoms with Crippen LogP contribution in [0, 0.1) is 0 Å². The van der Waals surface area contributed by atoms with Gasteiger partial charge in [0, 0.05) is 6.20 Å². The lowest BCUT2D eigenvalue weighted by atomic mass is 10.2. The number of oxime groups is 1. The average Bonchev–Trinajstić information content (AvgIpc) is 2.29. The number of carbonyl (C=O) groups is 1. The molecule has 1 heterocycles. The summed E-state index contributed by atoms with van der Waals surface area (Å²) in [5, 5.41) is 11.5. The zero-order valence-corrected chi connectivity index (χ0v) is 7.96. The fourth-order valence-electron chi connectivity index (χ4n) is 0.902. The normalized spacial score (nSPS) is 10.8. The number of hydrogen-bond acceptors (Lipinski definition) is 5. The van der Waals surface area contributed by atoms with Crippen molar-refractivity contribution in [1.29, 1.82) is 0 Å². The largest absolute Gasteiger partial charge is 0.457 e. The van der Waals surface area contributed by atoms with E-state index in [-0.39, 0.29) is 18.0 Å². The molecule has 0 radical (unpaired) electrons. The van der Waals surface area contributed by atoms with Crippen LogP contribution in [0.5, 0.6) is 0 Å². The Hall–Kier alpha value is -2.17. The Morgan fingerprint density at radius 3 is 3.00 bits per heavy atom. The number of ether oxygens (including phenoxy) is 1. The van der Waals surface area contributed by atoms with E-state index in [1.54, 1.807) is 18.2 Å². The third kappa shape index (κ3) is 2.91. The summed E-state index contributed by atoms with van der Waals surface area (Å²) in [5.41, 5.74) is 0.0338. The maximum absolute atomic E-state index is 11.3. The molecule has 0 aliphatic heterocycles. The fraction of sp³-hybridized carbons (Fsp3) is 0.100. The van der Waals surface area contributed by atoms with Crippen LogP contribution >= 0.6 is 0 Å². The summed E-state index contributed by atoms with van der Waals surface area (Å²) in [6.45, 7) is 3.46. The van der Waals surface area contributed by atoms with Gasteiger partial charge in [0.05, 0.1) is 5.69 Å². The zero-order valence-electron chi connectivity index (χ0n) is 7.96. The smallest absolute Gasteiger partial charge is 0.362 e. The van der Waals surface area contributed by atoms with Crippen molar-refractivity contribution in [1.82, 2.24) is 4.98 Å². The van der Waals surface area contributed by atoms with E-state index in [0.717, 1.165) is 0 Å². The van der Waals surface area contributed by atoms with Crippen LogP contribution in [0.25, 0.3) is 0 Å². The van der Waals surface area contributed by atoms with Gasteiger partial charge in [-0.15, -0.1) is 0 Å². The summed E-state index contributed by atoms with van der Waals surface area (Å²) < 4.78 is 4.71. The van der Waals surface area contributed by atoms with Crippen LogP contribution in [-0.4, -0.2) is 28.5 Å². The summed E-state index contributed by atoms with van der Waals surface area (Å²) in [7, 11) is 0. The van der Waals surface area contributed by atoms with Crippen LogP contribution in [0.2, 0.25) is 0 Å². The monoisotopic (exact) mass is 206 g/mol. The molecule has 15 heavy (non-hydrogen) atoms. The van der Waals surface area contributed by atoms with Crippen LogP contribution in [0.1, 0.15) is 5.69 Å². The molecule has 0 fully saturated rings. The summed E-state index contributed by atoms with van der Waals surface area (Å²) in [5.74, 6) is -0.740. The Morgan fingerprint density at radius 1 is 1.67 bits per heavy atom. The van der Waals surface area contributed by atoms with Crippen LogP contribution in [-0.2, 0) is 9.53 Å². The molecule has 0 amide bonds. The first-order valence-corrected chi connectivity index (χ1v) is 4.21. The topological polar surface area (TPSA) is 71.8 Å². The predicted octanol–water partition coefficient (Wildman–Crippen LogP) is 0.989. The number of esters is 1. The van der Waals surface area contributed by atoms with Gasteiger partial charge in [-0.1, -0.05) is 23.9 Å². The molecule has 78 valence electrons. The van der Waals surface area contributed by atoms with Crippen molar-refractivity contribution in [2.24, 2.45) is 5.16 Å². The molecule has 0 saturated carbocycles. The second kappa shape index (κ2) is 5.54. The molecule has 1 rings (SSSR count). The number of pyridine rings is 1. The summed E-state index contributed by atoms with van der Waals surface area (Å²) >= 11 is 0. The number of rotatable bonds is 4. The van der Waals surface area contributed by atoms with E-state index in [1.165, 1.54) is 12.3 Å². The molecule has 5 heteroatoms. The Labute approximate surface area is 86.7 Å². The zero-order chi connectivity index (χ0) is 11.1. The minimum Gasteiger partial charge on any atom is -0.457 e. The van der Waals surface area contributed by atoms with E-state index in [9.17, 15) is 4.79 Å². The second-order valence-corrected chi connectivity index (χ2v) is 2.55. The first kappa shape index (κ1) is 10.9. The van der Waals surface area contributed by atoms with Crippen LogP contribution in [0.3, 0.4) is 0 Å². The Kier molecular flexibility index (Phi) is 4.03. The first-order chi connectivity index (χ1) is 7.29. The number of carbonyl (C=O) groups excluding carboxylic acids is 1. The number of aromatic nitrogens is 1. The number of nitrogens with zero attached hydrogens (tertiary/aromatic N) is 2. The maximum Gasteiger partial charge on any atom is 0.362 e. The average molecular weight is 206 g/mol. The van der Waals surface area contributed by atoms with Crippen molar-refractivity contribution in [3.63, 3.8) is 0 Å². The lowest BCUT2D eigenvalue weighted by Gasteiger charge is -2.02. The maximum atomic E-state index is 11.3. The van der Waals surface area contributed by atoms with Gasteiger partial charge in [0.25, 0.3) is 0 Å². The van der Waals surface area contributed by atoms with Crippen LogP contribution < -0.4 is 0 Å². The summed E-state index contributed by atoms with van der Waals surface area (Å²) in [6.07, 6.45) is 2.91. The predicted molar refractivity (Wildman–Crippen MR) is 53.7 cm³/mol. The van der Waals surface area contributed by atoms with Crippen molar-refractivity contribution in [2.75, 3.05) is 6.61 Å². The molecule has 0 unspecified atom stereocenters. The molecule has 0 aliphatic carbocycles. The quantitative estimate of drug-likeness (QED) is 0.262. The lowest BCUT2D eigenvalue weighted by Crippen LogP contribution is -2.20. The van der Waals surface area contributed by atoms with Crippen molar-refractivity contribution in [3.05, 3.63) is 42.7 Å². The van der Waals surface area contributed by atoms with E-state index in [1.807, 2.05) is 0 Å². The minimum absolute atomic E-state index is 0.0602. The van der Waals surface area contributed by atoms with Crippen molar-refractivity contribution < 1.29 is 14.7 Å². The van der Waals surface area contributed by atoms with Gasteiger partial charge in [0.2, 0.25) is 5.71 Å². The molecule has 0 saturated heterocycles. The molecule has 0 bridgehead atoms. The van der Waals surface area contributed by atoms with E-state index < -0.39 is 5.97 Å². The highest BCUT2D eigenvalue weighted by Crippen LogP contribution is 1.98. The first-order valence-electron chi connectivity index (χ1n) is 4.21. The van der Waals surface area contributed by atoms with E-state index in [4.69, 9.17) is 9.94 Å². The van der Waals surface area contributed by atoms with Gasteiger partial charge in [-0.3, -0.25) is 4.98 Å². The Morgan fingerprint density at radius 2 is 2.47 bits per heavy atom. The molecule has 0 aromatic carbocycles. The highest BCUT2D eigenvalue weighted by molar-refractivity contribution is 6.42. The Balaban J connectivity index is 2.82. The van der Waals surface area contributed by atoms with E-state index in [2.05, 4.69) is 16.7 Å². The van der Waals surface area contributed by atoms with Gasteiger partial charge in [-0.25, -0.2) is 4.79 Å². The van der Waals surface area contributed by atoms with Crippen LogP contribution in [0.15, 0.2) is 42.2 Å². The third-order valence-electron chi connectivity index (χ3n) is 1.53. The highest BCUT2D eigenvalue weighted by atomic mass is 16.5. The molecule has 0 spiro atoms. The van der Waals surface area contributed by atoms with Gasteiger partial charge >= 0.3 is 5.97 Å². The molecule has 0 atom stereocenters. The molecule has 1 aromatic rings. The SMILES string of the molecule is C=CCOC(=O)/C(=N/O)c1ccccn1. The van der Waals surface area contributed by atoms with E-state index >= 15 is 0 Å². The molecular formula is C10H10N2O3. The van der Waals surface area contributed by atoms with Crippen molar-refractivity contribution in [2.45, 2.75) is 0 Å². The van der Waals surface area contributed by atoms with Gasteiger partial charge < -0.3 is 9.94 Å². The Bertz CT molecular complexity index is 374. The van der Waals surface area contributed by atoms with E-state index in [0.29, 0.717) is 0 Å². The van der Waals surface area contributed by atoms with Crippen molar-refractivity contribution in [3.8, 4) is 0 Å². The second-order valence-electron chi connectivity index (χ2n) is 2.55. The van der Waals surface area contributed by atoms with Gasteiger partial charge in [0.15, 0.2) is 0 Å². The van der Waals surface area contributed by atoms with Gasteiger partial charge in [-0.2, -0.15) is 0 Å². The molecule has 5 nitrogen and oxygen atoms in total. The third-order valence-corrected chi connectivity index (χ3v) is 1.53. The van der Waals surface area contributed by atoms with Gasteiger partial charge in [-0.05, 0) is 12.1 Å². The number of hydrogen-bond donors (Lipinski definition) is 1. The fourth-order valence-corrected chi connectivity index (χ4v) is 0.902. The highest BCUT2D eigenvalue weighted by Gasteiger charge is 2.16. The van der Waals surface area contributed by atoms with Gasteiger partial charge in [0.1, 0.15) is 6.61 Å². The molecule has 1 aromatic heterocycles. The molecule has 0 aliphatic rings. The molecular weight excluding hydrogens is 196 g/mol. The molecule has 1 N–H and O–H groups in total. The standard InChI is InChI=1S/C10H10N2O3/c1-2-7-15-10(13)9(12-14)8-5-3-4-6-11-8/h2-6,14H,1,7H2/b12-9+. The lowest BCUT2D eigenvalue weighted by molar-refractivity contribution is -0.134. The van der Waals surface area contributed by atoms with Crippen molar-refractivity contribution >= 4 is 11.7 Å². The summed E-state index contributed by atoms with van der Waals surface area (Å²) in [4.78, 5) is 15.2. The minimum atomic E-state index is -0.740.